The van der Waals surface area contributed by atoms with Gasteiger partial charge in [-0.1, -0.05) is 36.4 Å². The predicted molar refractivity (Wildman–Crippen MR) is 114 cm³/mol. The van der Waals surface area contributed by atoms with Crippen LogP contribution in [0.3, 0.4) is 0 Å². The van der Waals surface area contributed by atoms with Crippen LogP contribution in [-0.4, -0.2) is 51.9 Å². The van der Waals surface area contributed by atoms with E-state index in [4.69, 9.17) is 0 Å². The lowest BCUT2D eigenvalue weighted by molar-refractivity contribution is -0.126. The van der Waals surface area contributed by atoms with Gasteiger partial charge in [-0.15, -0.1) is 0 Å². The number of pyridine rings is 1. The first-order valence-corrected chi connectivity index (χ1v) is 9.55. The maximum atomic E-state index is 12.4. The fraction of sp³-hybridized carbons (Fsp3) is 0.182. The molecule has 0 aliphatic carbocycles. The molecule has 146 valence electrons. The highest BCUT2D eigenvalue weighted by atomic mass is 16.2. The summed E-state index contributed by atoms with van der Waals surface area (Å²) in [5.74, 6) is 2.30. The molecule has 0 bridgehead atoms. The van der Waals surface area contributed by atoms with E-state index in [0.29, 0.717) is 18.9 Å². The number of rotatable bonds is 5. The highest BCUT2D eigenvalue weighted by Crippen LogP contribution is 2.18. The molecule has 1 aliphatic rings. The van der Waals surface area contributed by atoms with Crippen molar-refractivity contribution in [1.82, 2.24) is 19.9 Å². The minimum absolute atomic E-state index is 0.0358. The molecule has 3 aromatic rings. The van der Waals surface area contributed by atoms with Crippen molar-refractivity contribution in [1.29, 1.82) is 0 Å². The smallest absolute Gasteiger partial charge is 0.246 e. The number of piperazine rings is 1. The Morgan fingerprint density at radius 3 is 2.45 bits per heavy atom. The summed E-state index contributed by atoms with van der Waals surface area (Å²) in [5, 5.41) is 3.18. The summed E-state index contributed by atoms with van der Waals surface area (Å²) >= 11 is 0. The number of anilines is 3. The van der Waals surface area contributed by atoms with Gasteiger partial charge in [0.2, 0.25) is 5.91 Å². The van der Waals surface area contributed by atoms with Crippen LogP contribution in [-0.2, 0) is 4.79 Å². The van der Waals surface area contributed by atoms with E-state index in [1.54, 1.807) is 18.6 Å². The molecule has 3 heterocycles. The van der Waals surface area contributed by atoms with E-state index in [1.165, 1.54) is 0 Å². The molecule has 7 heteroatoms. The molecule has 1 aliphatic heterocycles. The summed E-state index contributed by atoms with van der Waals surface area (Å²) in [6, 6.07) is 17.4. The first-order chi connectivity index (χ1) is 14.3. The van der Waals surface area contributed by atoms with Gasteiger partial charge in [-0.2, -0.15) is 0 Å². The molecule has 1 N–H and O–H groups in total. The summed E-state index contributed by atoms with van der Waals surface area (Å²) in [5.41, 5.74) is 1.02. The number of hydrogen-bond donors (Lipinski definition) is 1. The molecule has 4 rings (SSSR count). The van der Waals surface area contributed by atoms with Crippen LogP contribution in [0.15, 0.2) is 73.2 Å². The van der Waals surface area contributed by atoms with Crippen molar-refractivity contribution in [2.45, 2.75) is 0 Å². The van der Waals surface area contributed by atoms with Gasteiger partial charge >= 0.3 is 0 Å². The van der Waals surface area contributed by atoms with Crippen LogP contribution < -0.4 is 10.2 Å². The van der Waals surface area contributed by atoms with E-state index >= 15 is 0 Å². The molecule has 7 nitrogen and oxygen atoms in total. The quantitative estimate of drug-likeness (QED) is 0.680. The zero-order valence-corrected chi connectivity index (χ0v) is 16.0. The Morgan fingerprint density at radius 1 is 0.897 bits per heavy atom. The summed E-state index contributed by atoms with van der Waals surface area (Å²) < 4.78 is 0. The van der Waals surface area contributed by atoms with Crippen molar-refractivity contribution >= 4 is 29.4 Å². The number of carbonyl (C=O) groups is 1. The third-order valence-electron chi connectivity index (χ3n) is 4.71. The highest BCUT2D eigenvalue weighted by Gasteiger charge is 2.20. The maximum Gasteiger partial charge on any atom is 0.246 e. The molecule has 1 amide bonds. The van der Waals surface area contributed by atoms with Gasteiger partial charge in [-0.3, -0.25) is 4.79 Å². The highest BCUT2D eigenvalue weighted by molar-refractivity contribution is 5.92. The van der Waals surface area contributed by atoms with Gasteiger partial charge in [-0.25, -0.2) is 15.0 Å². The van der Waals surface area contributed by atoms with Gasteiger partial charge in [0, 0.05) is 44.5 Å². The zero-order valence-electron chi connectivity index (χ0n) is 16.0. The Labute approximate surface area is 169 Å². The summed E-state index contributed by atoms with van der Waals surface area (Å²) in [4.78, 5) is 29.4. The Morgan fingerprint density at radius 2 is 1.69 bits per heavy atom. The fourth-order valence-electron chi connectivity index (χ4n) is 3.15. The van der Waals surface area contributed by atoms with Crippen LogP contribution in [0, 0.1) is 0 Å². The number of hydrogen-bond acceptors (Lipinski definition) is 6. The van der Waals surface area contributed by atoms with Gasteiger partial charge in [-0.05, 0) is 23.8 Å². The number of nitrogens with zero attached hydrogens (tertiary/aromatic N) is 5. The van der Waals surface area contributed by atoms with Crippen LogP contribution in [0.4, 0.5) is 17.5 Å². The van der Waals surface area contributed by atoms with E-state index in [2.05, 4.69) is 25.2 Å². The Bertz CT molecular complexity index is 969. The normalized spacial score (nSPS) is 14.2. The second-order valence-corrected chi connectivity index (χ2v) is 6.66. The minimum atomic E-state index is 0.0358. The van der Waals surface area contributed by atoms with Crippen LogP contribution in [0.25, 0.3) is 6.08 Å². The second kappa shape index (κ2) is 8.97. The van der Waals surface area contributed by atoms with E-state index in [1.807, 2.05) is 65.6 Å². The van der Waals surface area contributed by atoms with Crippen LogP contribution >= 0.6 is 0 Å². The molecular weight excluding hydrogens is 364 g/mol. The molecule has 1 aromatic carbocycles. The largest absolute Gasteiger partial charge is 0.353 e. The Balaban J connectivity index is 1.34. The van der Waals surface area contributed by atoms with Crippen LogP contribution in [0.2, 0.25) is 0 Å². The van der Waals surface area contributed by atoms with Gasteiger partial charge in [0.05, 0.1) is 0 Å². The SMILES string of the molecule is O=C(/C=C/c1ccccc1)N1CCN(c2cc(Nc3ccccn3)ncn2)CC1. The van der Waals surface area contributed by atoms with Crippen molar-refractivity contribution in [2.75, 3.05) is 36.4 Å². The first kappa shape index (κ1) is 18.6. The molecule has 29 heavy (non-hydrogen) atoms. The third kappa shape index (κ3) is 4.95. The minimum Gasteiger partial charge on any atom is -0.353 e. The maximum absolute atomic E-state index is 12.4. The Kier molecular flexibility index (Phi) is 5.76. The van der Waals surface area contributed by atoms with E-state index < -0.39 is 0 Å². The summed E-state index contributed by atoms with van der Waals surface area (Å²) in [7, 11) is 0. The average Bonchev–Trinajstić information content (AvgIpc) is 2.79. The summed E-state index contributed by atoms with van der Waals surface area (Å²) in [6.45, 7) is 2.77. The first-order valence-electron chi connectivity index (χ1n) is 9.55. The van der Waals surface area contributed by atoms with Gasteiger partial charge in [0.1, 0.15) is 23.8 Å². The average molecular weight is 386 g/mol. The number of benzene rings is 1. The molecular formula is C22H22N6O. The molecule has 2 aromatic heterocycles. The van der Waals surface area contributed by atoms with Crippen molar-refractivity contribution < 1.29 is 4.79 Å². The third-order valence-corrected chi connectivity index (χ3v) is 4.71. The lowest BCUT2D eigenvalue weighted by Gasteiger charge is -2.35. The molecule has 0 radical (unpaired) electrons. The second-order valence-electron chi connectivity index (χ2n) is 6.66. The Hall–Kier alpha value is -3.74. The number of carbonyl (C=O) groups excluding carboxylic acids is 1. The molecule has 1 saturated heterocycles. The van der Waals surface area contributed by atoms with Crippen molar-refractivity contribution in [3.63, 3.8) is 0 Å². The molecule has 0 atom stereocenters. The van der Waals surface area contributed by atoms with Crippen LogP contribution in [0.5, 0.6) is 0 Å². The number of nitrogens with one attached hydrogen (secondary N) is 1. The van der Waals surface area contributed by atoms with Gasteiger partial charge < -0.3 is 15.1 Å². The number of aromatic nitrogens is 3. The molecule has 0 spiro atoms. The van der Waals surface area contributed by atoms with Gasteiger partial charge in [0.15, 0.2) is 0 Å². The topological polar surface area (TPSA) is 74.2 Å². The predicted octanol–water partition coefficient (Wildman–Crippen LogP) is 2.98. The molecule has 0 unspecified atom stereocenters. The van der Waals surface area contributed by atoms with Crippen LogP contribution in [0.1, 0.15) is 5.56 Å². The monoisotopic (exact) mass is 386 g/mol. The lowest BCUT2D eigenvalue weighted by atomic mass is 10.2. The molecule has 1 fully saturated rings. The van der Waals surface area contributed by atoms with E-state index in [-0.39, 0.29) is 5.91 Å². The lowest BCUT2D eigenvalue weighted by Crippen LogP contribution is -2.48. The molecule has 0 saturated carbocycles. The van der Waals surface area contributed by atoms with E-state index in [9.17, 15) is 4.79 Å². The summed E-state index contributed by atoms with van der Waals surface area (Å²) in [6.07, 6.45) is 6.77. The van der Waals surface area contributed by atoms with E-state index in [0.717, 1.165) is 30.3 Å². The zero-order chi connectivity index (χ0) is 19.9. The fourth-order valence-corrected chi connectivity index (χ4v) is 3.15. The van der Waals surface area contributed by atoms with Crippen molar-refractivity contribution in [3.05, 3.63) is 78.8 Å². The van der Waals surface area contributed by atoms with Crippen molar-refractivity contribution in [3.8, 4) is 0 Å². The van der Waals surface area contributed by atoms with Crippen molar-refractivity contribution in [2.24, 2.45) is 0 Å². The standard InChI is InChI=1S/C22H22N6O/c29-22(10-9-18-6-2-1-3-7-18)28-14-12-27(13-15-28)21-16-20(24-17-25-21)26-19-8-4-5-11-23-19/h1-11,16-17H,12-15H2,(H,23,24,25,26)/b10-9+. The van der Waals surface area contributed by atoms with Gasteiger partial charge in [0.25, 0.3) is 0 Å². The number of amides is 1.